The minimum atomic E-state index is -0.0510. The maximum absolute atomic E-state index is 12.0. The molecule has 0 N–H and O–H groups in total. The lowest BCUT2D eigenvalue weighted by molar-refractivity contribution is -0.107. The summed E-state index contributed by atoms with van der Waals surface area (Å²) in [5.74, 6) is 1.63. The SMILES string of the molecule is COc1cc(/C=C/C(=O)Sc2ccccc2)cc(OC)c1OC. The van der Waals surface area contributed by atoms with Crippen molar-refractivity contribution in [2.45, 2.75) is 4.90 Å². The standard InChI is InChI=1S/C18H18O4S/c1-20-15-11-13(12-16(21-2)18(15)22-3)9-10-17(19)23-14-7-5-4-6-8-14/h4-12H,1-3H3/b10-9+. The summed E-state index contributed by atoms with van der Waals surface area (Å²) in [6.45, 7) is 0. The van der Waals surface area contributed by atoms with E-state index in [0.29, 0.717) is 17.2 Å². The van der Waals surface area contributed by atoms with E-state index in [0.717, 1.165) is 10.5 Å². The second kappa shape index (κ2) is 8.29. The Morgan fingerprint density at radius 1 is 0.957 bits per heavy atom. The highest BCUT2D eigenvalue weighted by Gasteiger charge is 2.12. The highest BCUT2D eigenvalue weighted by molar-refractivity contribution is 8.14. The van der Waals surface area contributed by atoms with Gasteiger partial charge in [0.25, 0.3) is 0 Å². The number of carbonyl (C=O) groups excluding carboxylic acids is 1. The molecule has 4 nitrogen and oxygen atoms in total. The van der Waals surface area contributed by atoms with E-state index >= 15 is 0 Å². The van der Waals surface area contributed by atoms with Gasteiger partial charge in [0.05, 0.1) is 21.3 Å². The van der Waals surface area contributed by atoms with Crippen molar-refractivity contribution in [3.63, 3.8) is 0 Å². The van der Waals surface area contributed by atoms with E-state index in [1.807, 2.05) is 30.3 Å². The molecule has 0 aliphatic heterocycles. The molecular weight excluding hydrogens is 312 g/mol. The molecule has 0 atom stereocenters. The Kier molecular flexibility index (Phi) is 6.11. The molecular formula is C18H18O4S. The third-order valence-corrected chi connectivity index (χ3v) is 3.91. The molecule has 0 unspecified atom stereocenters. The fourth-order valence-electron chi connectivity index (χ4n) is 2.00. The quantitative estimate of drug-likeness (QED) is 0.591. The van der Waals surface area contributed by atoms with E-state index in [2.05, 4.69) is 0 Å². The van der Waals surface area contributed by atoms with Crippen LogP contribution >= 0.6 is 11.8 Å². The third kappa shape index (κ3) is 4.53. The van der Waals surface area contributed by atoms with E-state index < -0.39 is 0 Å². The molecule has 0 heterocycles. The summed E-state index contributed by atoms with van der Waals surface area (Å²) in [6.07, 6.45) is 3.25. The molecule has 0 fully saturated rings. The molecule has 5 heteroatoms. The first-order chi connectivity index (χ1) is 11.2. The molecule has 0 radical (unpaired) electrons. The summed E-state index contributed by atoms with van der Waals surface area (Å²) in [5.41, 5.74) is 0.793. The first-order valence-electron chi connectivity index (χ1n) is 6.93. The van der Waals surface area contributed by atoms with E-state index in [1.54, 1.807) is 39.5 Å². The molecule has 0 bridgehead atoms. The molecule has 0 aliphatic carbocycles. The second-order valence-electron chi connectivity index (χ2n) is 4.53. The predicted molar refractivity (Wildman–Crippen MR) is 92.4 cm³/mol. The summed E-state index contributed by atoms with van der Waals surface area (Å²) in [6, 6.07) is 13.1. The highest BCUT2D eigenvalue weighted by atomic mass is 32.2. The molecule has 0 saturated heterocycles. The maximum Gasteiger partial charge on any atom is 0.216 e. The largest absolute Gasteiger partial charge is 0.493 e. The van der Waals surface area contributed by atoms with Crippen LogP contribution in [0.5, 0.6) is 17.2 Å². The van der Waals surface area contributed by atoms with Gasteiger partial charge in [0.15, 0.2) is 11.5 Å². The number of rotatable bonds is 6. The highest BCUT2D eigenvalue weighted by Crippen LogP contribution is 2.38. The van der Waals surface area contributed by atoms with Crippen molar-refractivity contribution >= 4 is 23.0 Å². The first-order valence-corrected chi connectivity index (χ1v) is 7.74. The van der Waals surface area contributed by atoms with Crippen LogP contribution < -0.4 is 14.2 Å². The zero-order chi connectivity index (χ0) is 16.7. The molecule has 2 aromatic carbocycles. The normalized spacial score (nSPS) is 10.6. The Morgan fingerprint density at radius 3 is 2.09 bits per heavy atom. The fourth-order valence-corrected chi connectivity index (χ4v) is 2.66. The molecule has 0 saturated carbocycles. The number of thioether (sulfide) groups is 1. The van der Waals surface area contributed by atoms with Gasteiger partial charge >= 0.3 is 0 Å². The van der Waals surface area contributed by atoms with Crippen LogP contribution in [0.25, 0.3) is 6.08 Å². The summed E-state index contributed by atoms with van der Waals surface area (Å²) in [7, 11) is 4.66. The van der Waals surface area contributed by atoms with Crippen molar-refractivity contribution in [2.75, 3.05) is 21.3 Å². The van der Waals surface area contributed by atoms with Gasteiger partial charge in [0.2, 0.25) is 10.9 Å². The lowest BCUT2D eigenvalue weighted by Gasteiger charge is -2.12. The zero-order valence-corrected chi connectivity index (χ0v) is 14.1. The van der Waals surface area contributed by atoms with E-state index in [-0.39, 0.29) is 5.12 Å². The van der Waals surface area contributed by atoms with Crippen molar-refractivity contribution in [1.29, 1.82) is 0 Å². The smallest absolute Gasteiger partial charge is 0.216 e. The molecule has 0 spiro atoms. The van der Waals surface area contributed by atoms with Gasteiger partial charge in [-0.25, -0.2) is 0 Å². The van der Waals surface area contributed by atoms with Crippen LogP contribution in [0.2, 0.25) is 0 Å². The van der Waals surface area contributed by atoms with Gasteiger partial charge in [-0.15, -0.1) is 0 Å². The number of benzene rings is 2. The third-order valence-electron chi connectivity index (χ3n) is 3.06. The Labute approximate surface area is 140 Å². The Bertz CT molecular complexity index is 670. The molecule has 120 valence electrons. The zero-order valence-electron chi connectivity index (χ0n) is 13.2. The molecule has 0 amide bonds. The molecule has 2 rings (SSSR count). The van der Waals surface area contributed by atoms with Gasteiger partial charge in [-0.3, -0.25) is 4.79 Å². The number of hydrogen-bond acceptors (Lipinski definition) is 5. The van der Waals surface area contributed by atoms with Crippen LogP contribution in [0.15, 0.2) is 53.4 Å². The summed E-state index contributed by atoms with van der Waals surface area (Å²) in [5, 5.41) is -0.0510. The summed E-state index contributed by atoms with van der Waals surface area (Å²) < 4.78 is 15.9. The number of carbonyl (C=O) groups is 1. The Morgan fingerprint density at radius 2 is 1.57 bits per heavy atom. The first kappa shape index (κ1) is 17.0. The lowest BCUT2D eigenvalue weighted by Crippen LogP contribution is -1.95. The van der Waals surface area contributed by atoms with E-state index in [4.69, 9.17) is 14.2 Å². The van der Waals surface area contributed by atoms with Gasteiger partial charge in [-0.1, -0.05) is 24.3 Å². The van der Waals surface area contributed by atoms with Gasteiger partial charge in [-0.2, -0.15) is 0 Å². The van der Waals surface area contributed by atoms with E-state index in [1.165, 1.54) is 17.8 Å². The molecule has 2 aromatic rings. The van der Waals surface area contributed by atoms with Crippen molar-refractivity contribution in [3.8, 4) is 17.2 Å². The minimum absolute atomic E-state index is 0.0510. The summed E-state index contributed by atoms with van der Waals surface area (Å²) in [4.78, 5) is 12.9. The van der Waals surface area contributed by atoms with E-state index in [9.17, 15) is 4.79 Å². The van der Waals surface area contributed by atoms with Crippen LogP contribution in [0.1, 0.15) is 5.56 Å². The predicted octanol–water partition coefficient (Wildman–Crippen LogP) is 4.04. The van der Waals surface area contributed by atoms with Crippen LogP contribution in [-0.2, 0) is 4.79 Å². The fraction of sp³-hybridized carbons (Fsp3) is 0.167. The van der Waals surface area contributed by atoms with Crippen molar-refractivity contribution in [1.82, 2.24) is 0 Å². The average Bonchev–Trinajstić information content (AvgIpc) is 2.59. The van der Waals surface area contributed by atoms with Crippen LogP contribution in [0, 0.1) is 0 Å². The van der Waals surface area contributed by atoms with Crippen molar-refractivity contribution in [2.24, 2.45) is 0 Å². The Balaban J connectivity index is 2.17. The number of ether oxygens (including phenoxy) is 3. The molecule has 0 aromatic heterocycles. The molecule has 0 aliphatic rings. The van der Waals surface area contributed by atoms with Crippen LogP contribution in [-0.4, -0.2) is 26.4 Å². The van der Waals surface area contributed by atoms with Gasteiger partial charge in [0.1, 0.15) is 0 Å². The van der Waals surface area contributed by atoms with Gasteiger partial charge in [-0.05, 0) is 47.7 Å². The second-order valence-corrected chi connectivity index (χ2v) is 5.60. The van der Waals surface area contributed by atoms with Crippen LogP contribution in [0.3, 0.4) is 0 Å². The lowest BCUT2D eigenvalue weighted by atomic mass is 10.1. The minimum Gasteiger partial charge on any atom is -0.493 e. The Hall–Kier alpha value is -2.40. The summed E-state index contributed by atoms with van der Waals surface area (Å²) >= 11 is 1.18. The van der Waals surface area contributed by atoms with Crippen LogP contribution in [0.4, 0.5) is 0 Å². The maximum atomic E-state index is 12.0. The van der Waals surface area contributed by atoms with Gasteiger partial charge < -0.3 is 14.2 Å². The van der Waals surface area contributed by atoms with Crippen molar-refractivity contribution in [3.05, 3.63) is 54.1 Å². The van der Waals surface area contributed by atoms with Crippen molar-refractivity contribution < 1.29 is 19.0 Å². The average molecular weight is 330 g/mol. The number of hydrogen-bond donors (Lipinski definition) is 0. The monoisotopic (exact) mass is 330 g/mol. The topological polar surface area (TPSA) is 44.8 Å². The molecule has 23 heavy (non-hydrogen) atoms. The van der Waals surface area contributed by atoms with Gasteiger partial charge in [0, 0.05) is 4.90 Å². The number of methoxy groups -OCH3 is 3.